The number of aliphatic carboxylic acids is 1. The van der Waals surface area contributed by atoms with E-state index in [0.717, 1.165) is 5.56 Å². The second kappa shape index (κ2) is 11.9. The molecule has 2 aromatic rings. The minimum Gasteiger partial charge on any atom is -0.481 e. The van der Waals surface area contributed by atoms with Gasteiger partial charge in [-0.1, -0.05) is 49.2 Å². The van der Waals surface area contributed by atoms with E-state index in [2.05, 4.69) is 4.72 Å². The number of unbranched alkanes of at least 4 members (excludes halogenated alkanes) is 1. The van der Waals surface area contributed by atoms with Crippen LogP contribution in [0.1, 0.15) is 56.2 Å². The third-order valence-electron chi connectivity index (χ3n) is 5.29. The number of aryl methyl sites for hydroxylation is 1. The van der Waals surface area contributed by atoms with Crippen LogP contribution in [0, 0.1) is 5.92 Å². The Morgan fingerprint density at radius 2 is 1.64 bits per heavy atom. The van der Waals surface area contributed by atoms with Crippen molar-refractivity contribution < 1.29 is 31.5 Å². The lowest BCUT2D eigenvalue weighted by Gasteiger charge is -2.20. The van der Waals surface area contributed by atoms with Crippen LogP contribution in [0.25, 0.3) is 0 Å². The van der Waals surface area contributed by atoms with Crippen LogP contribution in [0.3, 0.4) is 0 Å². The molecular weight excluding hydrogens is 479 g/mol. The third kappa shape index (κ3) is 9.35. The van der Waals surface area contributed by atoms with Crippen LogP contribution < -0.4 is 4.72 Å². The highest BCUT2D eigenvalue weighted by molar-refractivity contribution is 7.89. The monoisotopic (exact) mass is 505 g/mol. The lowest BCUT2D eigenvalue weighted by molar-refractivity contribution is -0.141. The van der Waals surface area contributed by atoms with Gasteiger partial charge in [0, 0.05) is 17.5 Å². The topological polar surface area (TPSA) is 83.5 Å². The molecule has 0 bridgehead atoms. The molecule has 0 radical (unpaired) electrons. The molecule has 0 aliphatic carbocycles. The summed E-state index contributed by atoms with van der Waals surface area (Å²) in [5.74, 6) is -1.36. The maximum atomic E-state index is 12.8. The van der Waals surface area contributed by atoms with Crippen molar-refractivity contribution in [1.29, 1.82) is 0 Å². The van der Waals surface area contributed by atoms with E-state index in [1.54, 1.807) is 31.2 Å². The summed E-state index contributed by atoms with van der Waals surface area (Å²) in [4.78, 5) is 11.0. The molecule has 2 rings (SSSR count). The van der Waals surface area contributed by atoms with Crippen LogP contribution in [-0.4, -0.2) is 25.7 Å². The maximum absolute atomic E-state index is 12.8. The number of hydrogen-bond acceptors (Lipinski definition) is 3. The first-order valence-electron chi connectivity index (χ1n) is 10.5. The van der Waals surface area contributed by atoms with Crippen LogP contribution in [0.4, 0.5) is 13.2 Å². The van der Waals surface area contributed by atoms with Gasteiger partial charge in [-0.15, -0.1) is 0 Å². The molecule has 0 heterocycles. The Kier molecular flexibility index (Phi) is 9.75. The first-order valence-corrected chi connectivity index (χ1v) is 12.4. The van der Waals surface area contributed by atoms with Gasteiger partial charge in [0.2, 0.25) is 10.0 Å². The summed E-state index contributed by atoms with van der Waals surface area (Å²) in [5, 5.41) is 9.38. The average molecular weight is 506 g/mol. The van der Waals surface area contributed by atoms with E-state index in [0.29, 0.717) is 23.4 Å². The lowest BCUT2D eigenvalue weighted by Crippen LogP contribution is -2.29. The number of rotatable bonds is 12. The highest BCUT2D eigenvalue weighted by Crippen LogP contribution is 2.27. The summed E-state index contributed by atoms with van der Waals surface area (Å²) in [6.45, 7) is 1.62. The summed E-state index contributed by atoms with van der Waals surface area (Å²) in [7, 11) is -3.93. The Morgan fingerprint density at radius 3 is 2.18 bits per heavy atom. The Balaban J connectivity index is 2.15. The fourth-order valence-corrected chi connectivity index (χ4v) is 4.64. The molecule has 0 saturated carbocycles. The van der Waals surface area contributed by atoms with Crippen LogP contribution in [0.5, 0.6) is 0 Å². The zero-order valence-electron chi connectivity index (χ0n) is 18.1. The van der Waals surface area contributed by atoms with E-state index in [4.69, 9.17) is 16.7 Å². The van der Waals surface area contributed by atoms with Crippen molar-refractivity contribution in [3.05, 3.63) is 64.7 Å². The van der Waals surface area contributed by atoms with E-state index >= 15 is 0 Å². The molecule has 0 aromatic heterocycles. The van der Waals surface area contributed by atoms with Gasteiger partial charge in [0.15, 0.2) is 0 Å². The number of benzene rings is 2. The van der Waals surface area contributed by atoms with Gasteiger partial charge in [0.05, 0.1) is 10.8 Å². The SMILES string of the molecule is CC(CCc1ccc(C(CCCCC(F)(F)F)NS(=O)(=O)c2ccc(Cl)cc2)cc1)C(=O)O. The molecule has 2 unspecified atom stereocenters. The molecule has 182 valence electrons. The van der Waals surface area contributed by atoms with Crippen molar-refractivity contribution in [3.8, 4) is 0 Å². The predicted octanol–water partition coefficient (Wildman–Crippen LogP) is 6.14. The van der Waals surface area contributed by atoms with Crippen LogP contribution in [0.15, 0.2) is 53.4 Å². The molecule has 5 nitrogen and oxygen atoms in total. The van der Waals surface area contributed by atoms with Gasteiger partial charge in [0.25, 0.3) is 0 Å². The highest BCUT2D eigenvalue weighted by Gasteiger charge is 2.27. The Labute approximate surface area is 197 Å². The van der Waals surface area contributed by atoms with Crippen LogP contribution in [-0.2, 0) is 21.2 Å². The fourth-order valence-electron chi connectivity index (χ4n) is 3.26. The van der Waals surface area contributed by atoms with Gasteiger partial charge in [-0.2, -0.15) is 13.2 Å². The highest BCUT2D eigenvalue weighted by atomic mass is 35.5. The number of halogens is 4. The summed E-state index contributed by atoms with van der Waals surface area (Å²) >= 11 is 5.82. The largest absolute Gasteiger partial charge is 0.481 e. The maximum Gasteiger partial charge on any atom is 0.389 e. The summed E-state index contributed by atoms with van der Waals surface area (Å²) < 4.78 is 65.8. The van der Waals surface area contributed by atoms with Crippen molar-refractivity contribution >= 4 is 27.6 Å². The quantitative estimate of drug-likeness (QED) is 0.340. The summed E-state index contributed by atoms with van der Waals surface area (Å²) in [6.07, 6.45) is -3.91. The zero-order valence-corrected chi connectivity index (χ0v) is 19.7. The second-order valence-corrected chi connectivity index (χ2v) is 10.2. The number of nitrogens with one attached hydrogen (secondary N) is 1. The van der Waals surface area contributed by atoms with Crippen molar-refractivity contribution in [3.63, 3.8) is 0 Å². The Bertz CT molecular complexity index is 1010. The minimum atomic E-state index is -4.26. The molecule has 0 aliphatic heterocycles. The van der Waals surface area contributed by atoms with Crippen molar-refractivity contribution in [2.75, 3.05) is 0 Å². The average Bonchev–Trinajstić information content (AvgIpc) is 2.74. The first-order chi connectivity index (χ1) is 15.4. The molecule has 0 saturated heterocycles. The van der Waals surface area contributed by atoms with Crippen molar-refractivity contribution in [1.82, 2.24) is 4.72 Å². The van der Waals surface area contributed by atoms with E-state index in [1.165, 1.54) is 24.3 Å². The first kappa shape index (κ1) is 27.1. The molecule has 0 aliphatic rings. The standard InChI is InChI=1S/C23H27ClF3NO4S/c1-16(22(29)30)5-6-17-7-9-18(10-8-17)21(4-2-3-15-23(25,26)27)28-33(31,32)20-13-11-19(24)12-14-20/h7-14,16,21,28H,2-6,15H2,1H3,(H,29,30). The second-order valence-electron chi connectivity index (χ2n) is 8.01. The summed E-state index contributed by atoms with van der Waals surface area (Å²) in [6, 6.07) is 11.9. The van der Waals surface area contributed by atoms with Crippen LogP contribution >= 0.6 is 11.6 Å². The van der Waals surface area contributed by atoms with Crippen molar-refractivity contribution in [2.45, 2.75) is 62.6 Å². The fraction of sp³-hybridized carbons (Fsp3) is 0.435. The number of carboxylic acid groups (broad SMARTS) is 1. The molecule has 33 heavy (non-hydrogen) atoms. The number of hydrogen-bond donors (Lipinski definition) is 2. The number of alkyl halides is 3. The number of carboxylic acids is 1. The third-order valence-corrected chi connectivity index (χ3v) is 7.03. The van der Waals surface area contributed by atoms with E-state index in [9.17, 15) is 26.4 Å². The Morgan fingerprint density at radius 1 is 1.03 bits per heavy atom. The molecular formula is C23H27ClF3NO4S. The van der Waals surface area contributed by atoms with E-state index in [-0.39, 0.29) is 24.2 Å². The molecule has 2 aromatic carbocycles. The van der Waals surface area contributed by atoms with E-state index < -0.39 is 40.5 Å². The molecule has 10 heteroatoms. The molecule has 2 N–H and O–H groups in total. The zero-order chi connectivity index (χ0) is 24.6. The molecule has 0 fully saturated rings. The van der Waals surface area contributed by atoms with Gasteiger partial charge in [0.1, 0.15) is 0 Å². The van der Waals surface area contributed by atoms with Gasteiger partial charge in [-0.3, -0.25) is 4.79 Å². The smallest absolute Gasteiger partial charge is 0.389 e. The van der Waals surface area contributed by atoms with Crippen molar-refractivity contribution in [2.24, 2.45) is 5.92 Å². The summed E-state index contributed by atoms with van der Waals surface area (Å²) in [5.41, 5.74) is 1.51. The van der Waals surface area contributed by atoms with Gasteiger partial charge >= 0.3 is 12.1 Å². The van der Waals surface area contributed by atoms with Gasteiger partial charge < -0.3 is 5.11 Å². The molecule has 2 atom stereocenters. The molecule has 0 spiro atoms. The minimum absolute atomic E-state index is 0.00599. The van der Waals surface area contributed by atoms with Gasteiger partial charge in [-0.05, 0) is 61.1 Å². The number of carbonyl (C=O) groups is 1. The molecule has 0 amide bonds. The number of sulfonamides is 1. The van der Waals surface area contributed by atoms with E-state index in [1.807, 2.05) is 0 Å². The Hall–Kier alpha value is -2.10. The predicted molar refractivity (Wildman–Crippen MR) is 121 cm³/mol. The van der Waals surface area contributed by atoms with Crippen LogP contribution in [0.2, 0.25) is 5.02 Å². The lowest BCUT2D eigenvalue weighted by atomic mass is 9.97. The van der Waals surface area contributed by atoms with Gasteiger partial charge in [-0.25, -0.2) is 13.1 Å². The normalized spacial score (nSPS) is 14.1.